The van der Waals surface area contributed by atoms with Crippen LogP contribution in [0.1, 0.15) is 117 Å². The van der Waals surface area contributed by atoms with Crippen LogP contribution in [0.3, 0.4) is 0 Å². The summed E-state index contributed by atoms with van der Waals surface area (Å²) in [6.45, 7) is 4.40. The Balaban J connectivity index is 3.13. The molecule has 0 saturated carbocycles. The molecule has 0 bridgehead atoms. The van der Waals surface area contributed by atoms with Crippen molar-refractivity contribution in [2.24, 2.45) is 0 Å². The number of hydrogen-bond acceptors (Lipinski definition) is 4. The third-order valence-corrected chi connectivity index (χ3v) is 4.98. The maximum Gasteiger partial charge on any atom is 0.303 e. The van der Waals surface area contributed by atoms with Gasteiger partial charge in [0.1, 0.15) is 6.10 Å². The average molecular weight is 387 g/mol. The number of ether oxygens (including phenoxy) is 2. The number of carbonyl (C=O) groups is 1. The molecule has 0 heterocycles. The molecule has 0 radical (unpaired) electrons. The Labute approximate surface area is 168 Å². The summed E-state index contributed by atoms with van der Waals surface area (Å²) in [5.41, 5.74) is 0. The highest BCUT2D eigenvalue weighted by molar-refractivity contribution is 5.66. The zero-order chi connectivity index (χ0) is 20.0. The number of esters is 1. The molecule has 27 heavy (non-hydrogen) atoms. The Bertz CT molecular complexity index is 307. The van der Waals surface area contributed by atoms with E-state index in [1.54, 1.807) is 0 Å². The van der Waals surface area contributed by atoms with Crippen molar-refractivity contribution in [3.05, 3.63) is 0 Å². The van der Waals surface area contributed by atoms with Gasteiger partial charge in [0.05, 0.1) is 13.2 Å². The van der Waals surface area contributed by atoms with E-state index in [-0.39, 0.29) is 19.2 Å². The summed E-state index contributed by atoms with van der Waals surface area (Å²) in [4.78, 5) is 10.8. The van der Waals surface area contributed by atoms with Crippen LogP contribution in [0.2, 0.25) is 0 Å². The number of carbonyl (C=O) groups excluding carboxylic acids is 1. The van der Waals surface area contributed by atoms with Gasteiger partial charge in [0, 0.05) is 13.5 Å². The average Bonchev–Trinajstić information content (AvgIpc) is 2.65. The predicted molar refractivity (Wildman–Crippen MR) is 113 cm³/mol. The summed E-state index contributed by atoms with van der Waals surface area (Å²) >= 11 is 0. The third-order valence-electron chi connectivity index (χ3n) is 4.98. The van der Waals surface area contributed by atoms with Crippen molar-refractivity contribution in [1.82, 2.24) is 0 Å². The minimum Gasteiger partial charge on any atom is -0.458 e. The molecule has 0 aliphatic heterocycles. The molecule has 0 aromatic heterocycles. The van der Waals surface area contributed by atoms with Gasteiger partial charge in [0.15, 0.2) is 0 Å². The minimum atomic E-state index is -0.524. The van der Waals surface area contributed by atoms with Gasteiger partial charge in [-0.15, -0.1) is 0 Å². The molecule has 0 aliphatic rings. The molecule has 4 nitrogen and oxygen atoms in total. The van der Waals surface area contributed by atoms with Gasteiger partial charge in [0.2, 0.25) is 0 Å². The SMILES string of the molecule is CCCCCCCCCCCCCCCCCCOCC(CO)OC(C)=O. The molecule has 0 aromatic carbocycles. The van der Waals surface area contributed by atoms with Crippen molar-refractivity contribution in [3.63, 3.8) is 0 Å². The van der Waals surface area contributed by atoms with Crippen LogP contribution in [0.25, 0.3) is 0 Å². The van der Waals surface area contributed by atoms with Gasteiger partial charge in [-0.05, 0) is 6.42 Å². The van der Waals surface area contributed by atoms with Crippen LogP contribution in [0.5, 0.6) is 0 Å². The predicted octanol–water partition coefficient (Wildman–Crippen LogP) is 6.19. The first kappa shape index (κ1) is 26.4. The first-order chi connectivity index (χ1) is 13.2. The Morgan fingerprint density at radius 2 is 1.15 bits per heavy atom. The van der Waals surface area contributed by atoms with E-state index in [0.717, 1.165) is 6.42 Å². The van der Waals surface area contributed by atoms with E-state index >= 15 is 0 Å². The van der Waals surface area contributed by atoms with E-state index < -0.39 is 6.10 Å². The smallest absolute Gasteiger partial charge is 0.303 e. The van der Waals surface area contributed by atoms with E-state index in [4.69, 9.17) is 14.6 Å². The van der Waals surface area contributed by atoms with Crippen molar-refractivity contribution in [3.8, 4) is 0 Å². The van der Waals surface area contributed by atoms with Crippen LogP contribution in [-0.2, 0) is 14.3 Å². The lowest BCUT2D eigenvalue weighted by Gasteiger charge is -2.14. The monoisotopic (exact) mass is 386 g/mol. The first-order valence-electron chi connectivity index (χ1n) is 11.6. The fourth-order valence-electron chi connectivity index (χ4n) is 3.33. The lowest BCUT2D eigenvalue weighted by atomic mass is 10.0. The van der Waals surface area contributed by atoms with Gasteiger partial charge in [0.25, 0.3) is 0 Å². The van der Waals surface area contributed by atoms with Crippen LogP contribution < -0.4 is 0 Å². The van der Waals surface area contributed by atoms with E-state index in [1.807, 2.05) is 0 Å². The van der Waals surface area contributed by atoms with E-state index in [1.165, 1.54) is 103 Å². The van der Waals surface area contributed by atoms with E-state index in [0.29, 0.717) is 6.61 Å². The summed E-state index contributed by atoms with van der Waals surface area (Å²) < 4.78 is 10.4. The summed E-state index contributed by atoms with van der Waals surface area (Å²) in [5.74, 6) is -0.375. The van der Waals surface area contributed by atoms with Gasteiger partial charge < -0.3 is 14.6 Å². The molecule has 0 rings (SSSR count). The van der Waals surface area contributed by atoms with Gasteiger partial charge >= 0.3 is 5.97 Å². The normalized spacial score (nSPS) is 12.3. The summed E-state index contributed by atoms with van der Waals surface area (Å²) in [7, 11) is 0. The van der Waals surface area contributed by atoms with Gasteiger partial charge in [-0.3, -0.25) is 4.79 Å². The third kappa shape index (κ3) is 21.5. The minimum absolute atomic E-state index is 0.182. The van der Waals surface area contributed by atoms with Crippen molar-refractivity contribution in [2.45, 2.75) is 123 Å². The summed E-state index contributed by atoms with van der Waals surface area (Å²) in [5, 5.41) is 9.06. The van der Waals surface area contributed by atoms with E-state index in [9.17, 15) is 4.79 Å². The first-order valence-corrected chi connectivity index (χ1v) is 11.6. The zero-order valence-corrected chi connectivity index (χ0v) is 18.2. The Kier molecular flexibility index (Phi) is 21.2. The van der Waals surface area contributed by atoms with Gasteiger partial charge in [-0.25, -0.2) is 0 Å². The molecule has 1 N–H and O–H groups in total. The number of aliphatic hydroxyl groups excluding tert-OH is 1. The van der Waals surface area contributed by atoms with Crippen molar-refractivity contribution in [1.29, 1.82) is 0 Å². The molecule has 1 atom stereocenters. The fourth-order valence-corrected chi connectivity index (χ4v) is 3.33. The lowest BCUT2D eigenvalue weighted by molar-refractivity contribution is -0.152. The summed E-state index contributed by atoms with van der Waals surface area (Å²) in [6, 6.07) is 0. The van der Waals surface area contributed by atoms with Crippen molar-refractivity contribution in [2.75, 3.05) is 19.8 Å². The molecular weight excluding hydrogens is 340 g/mol. The Hall–Kier alpha value is -0.610. The standard InChI is InChI=1S/C23H46O4/c1-3-4-5-6-7-8-9-10-11-12-13-14-15-16-17-18-19-26-21-23(20-24)27-22(2)25/h23-24H,3-21H2,1-2H3. The quantitative estimate of drug-likeness (QED) is 0.189. The maximum absolute atomic E-state index is 10.8. The molecule has 0 saturated heterocycles. The van der Waals surface area contributed by atoms with Crippen molar-refractivity contribution >= 4 is 5.97 Å². The molecule has 162 valence electrons. The van der Waals surface area contributed by atoms with Crippen LogP contribution in [0.4, 0.5) is 0 Å². The lowest BCUT2D eigenvalue weighted by Crippen LogP contribution is -2.26. The molecule has 0 fully saturated rings. The van der Waals surface area contributed by atoms with Crippen molar-refractivity contribution < 1.29 is 19.4 Å². The van der Waals surface area contributed by atoms with Crippen LogP contribution in [0.15, 0.2) is 0 Å². The highest BCUT2D eigenvalue weighted by Gasteiger charge is 2.10. The van der Waals surface area contributed by atoms with Crippen LogP contribution in [-0.4, -0.2) is 37.0 Å². The van der Waals surface area contributed by atoms with Crippen LogP contribution >= 0.6 is 0 Å². The second-order valence-electron chi connectivity index (χ2n) is 7.79. The van der Waals surface area contributed by atoms with Gasteiger partial charge in [-0.1, -0.05) is 103 Å². The fraction of sp³-hybridized carbons (Fsp3) is 0.957. The molecule has 0 spiro atoms. The van der Waals surface area contributed by atoms with E-state index in [2.05, 4.69) is 6.92 Å². The molecule has 4 heteroatoms. The molecule has 0 aliphatic carbocycles. The van der Waals surface area contributed by atoms with Gasteiger partial charge in [-0.2, -0.15) is 0 Å². The second kappa shape index (κ2) is 21.7. The topological polar surface area (TPSA) is 55.8 Å². The van der Waals surface area contributed by atoms with Crippen LogP contribution in [0, 0.1) is 0 Å². The largest absolute Gasteiger partial charge is 0.458 e. The zero-order valence-electron chi connectivity index (χ0n) is 18.2. The maximum atomic E-state index is 10.8. The highest BCUT2D eigenvalue weighted by Crippen LogP contribution is 2.13. The number of aliphatic hydroxyl groups is 1. The highest BCUT2D eigenvalue weighted by atomic mass is 16.6. The molecule has 0 amide bonds. The number of unbranched alkanes of at least 4 members (excludes halogenated alkanes) is 15. The molecular formula is C23H46O4. The number of hydrogen-bond donors (Lipinski definition) is 1. The molecule has 0 aromatic rings. The summed E-state index contributed by atoms with van der Waals surface area (Å²) in [6.07, 6.45) is 21.2. The number of rotatable bonds is 21. The molecule has 1 unspecified atom stereocenters. The Morgan fingerprint density at radius 3 is 1.52 bits per heavy atom. The second-order valence-corrected chi connectivity index (χ2v) is 7.79. The Morgan fingerprint density at radius 1 is 0.741 bits per heavy atom.